The second-order valence-electron chi connectivity index (χ2n) is 11.1. The van der Waals surface area contributed by atoms with Gasteiger partial charge in [-0.3, -0.25) is 4.79 Å². The van der Waals surface area contributed by atoms with Crippen LogP contribution in [0.3, 0.4) is 0 Å². The van der Waals surface area contributed by atoms with Crippen LogP contribution in [-0.4, -0.2) is 118 Å². The number of amides is 1. The van der Waals surface area contributed by atoms with Gasteiger partial charge in [0, 0.05) is 19.2 Å². The molecule has 1 N–H and O–H groups in total. The number of unbranched alkanes of at least 4 members (excludes halogenated alkanes) is 9. The molecule has 0 saturated heterocycles. The Morgan fingerprint density at radius 1 is 0.447 bits per heavy atom. The van der Waals surface area contributed by atoms with E-state index in [0.717, 1.165) is 24.5 Å². The van der Waals surface area contributed by atoms with Gasteiger partial charge in [-0.1, -0.05) is 64.7 Å². The van der Waals surface area contributed by atoms with Gasteiger partial charge in [-0.25, -0.2) is 0 Å². The normalized spacial score (nSPS) is 11.3. The second kappa shape index (κ2) is 35.5. The summed E-state index contributed by atoms with van der Waals surface area (Å²) in [5, 5.41) is 2.71. The molecule has 0 spiro atoms. The molecule has 11 heteroatoms. The molecule has 1 rings (SSSR count). The number of ether oxygens (including phenoxy) is 9. The standard InChI is InChI=1S/C36H65NO10/c1-3-4-5-6-7-8-9-10-11-12-17-39-18-19-40-20-21-41-22-23-42-24-25-43-26-27-44-28-29-45-30-31-46-32-33-47-36-15-13-35(14-16-36)37-34(2)38/h13-16H,3-12,17-33H2,1-2H3,(H,37,38). The number of nitrogens with one attached hydrogen (secondary N) is 1. The molecule has 0 bridgehead atoms. The van der Waals surface area contributed by atoms with E-state index in [0.29, 0.717) is 106 Å². The Bertz CT molecular complexity index is 784. The zero-order valence-corrected chi connectivity index (χ0v) is 29.5. The minimum absolute atomic E-state index is 0.103. The van der Waals surface area contributed by atoms with E-state index in [1.165, 1.54) is 64.7 Å². The summed E-state index contributed by atoms with van der Waals surface area (Å²) in [7, 11) is 0. The Kier molecular flexibility index (Phi) is 32.6. The van der Waals surface area contributed by atoms with Crippen molar-refractivity contribution in [2.45, 2.75) is 78.1 Å². The molecule has 0 aliphatic carbocycles. The maximum atomic E-state index is 11.0. The minimum atomic E-state index is -0.103. The molecular weight excluding hydrogens is 606 g/mol. The molecule has 0 atom stereocenters. The van der Waals surface area contributed by atoms with Crippen molar-refractivity contribution in [2.75, 3.05) is 118 Å². The number of rotatable bonds is 37. The number of benzene rings is 1. The molecule has 0 saturated carbocycles. The molecule has 0 aliphatic heterocycles. The van der Waals surface area contributed by atoms with Crippen molar-refractivity contribution in [3.63, 3.8) is 0 Å². The van der Waals surface area contributed by atoms with Crippen molar-refractivity contribution in [1.82, 2.24) is 0 Å². The Morgan fingerprint density at radius 3 is 1.13 bits per heavy atom. The lowest BCUT2D eigenvalue weighted by Gasteiger charge is -2.09. The van der Waals surface area contributed by atoms with Gasteiger partial charge < -0.3 is 47.9 Å². The van der Waals surface area contributed by atoms with Crippen LogP contribution >= 0.6 is 0 Å². The van der Waals surface area contributed by atoms with Crippen LogP contribution in [0, 0.1) is 0 Å². The molecule has 1 aromatic carbocycles. The van der Waals surface area contributed by atoms with Crippen LogP contribution in [0.1, 0.15) is 78.1 Å². The van der Waals surface area contributed by atoms with Crippen molar-refractivity contribution in [2.24, 2.45) is 0 Å². The highest BCUT2D eigenvalue weighted by Gasteiger charge is 1.99. The monoisotopic (exact) mass is 671 g/mol. The molecule has 47 heavy (non-hydrogen) atoms. The fourth-order valence-corrected chi connectivity index (χ4v) is 4.39. The quantitative estimate of drug-likeness (QED) is 0.0836. The molecule has 1 amide bonds. The van der Waals surface area contributed by atoms with Gasteiger partial charge >= 0.3 is 0 Å². The van der Waals surface area contributed by atoms with Crippen molar-refractivity contribution in [3.8, 4) is 5.75 Å². The molecule has 0 radical (unpaired) electrons. The predicted octanol–water partition coefficient (Wildman–Crippen LogP) is 6.08. The molecule has 0 aliphatic rings. The average molecular weight is 672 g/mol. The summed E-state index contributed by atoms with van der Waals surface area (Å²) in [6.07, 6.45) is 13.4. The minimum Gasteiger partial charge on any atom is -0.491 e. The highest BCUT2D eigenvalue weighted by molar-refractivity contribution is 5.88. The fraction of sp³-hybridized carbons (Fsp3) is 0.806. The third-order valence-corrected chi connectivity index (χ3v) is 6.92. The summed E-state index contributed by atoms with van der Waals surface area (Å²) in [4.78, 5) is 11.0. The molecule has 11 nitrogen and oxygen atoms in total. The molecule has 1 aromatic rings. The summed E-state index contributed by atoms with van der Waals surface area (Å²) in [6, 6.07) is 7.20. The largest absolute Gasteiger partial charge is 0.491 e. The summed E-state index contributed by atoms with van der Waals surface area (Å²) in [5.74, 6) is 0.620. The predicted molar refractivity (Wildman–Crippen MR) is 185 cm³/mol. The van der Waals surface area contributed by atoms with Gasteiger partial charge in [-0.05, 0) is 30.7 Å². The van der Waals surface area contributed by atoms with Crippen molar-refractivity contribution in [1.29, 1.82) is 0 Å². The van der Waals surface area contributed by atoms with Crippen LogP contribution in [0.15, 0.2) is 24.3 Å². The Hall–Kier alpha value is -1.83. The van der Waals surface area contributed by atoms with Gasteiger partial charge in [-0.2, -0.15) is 0 Å². The molecule has 274 valence electrons. The van der Waals surface area contributed by atoms with E-state index in [4.69, 9.17) is 42.6 Å². The van der Waals surface area contributed by atoms with E-state index in [1.54, 1.807) is 24.3 Å². The Balaban J connectivity index is 1.66. The van der Waals surface area contributed by atoms with Gasteiger partial charge in [0.05, 0.1) is 99.1 Å². The van der Waals surface area contributed by atoms with Crippen molar-refractivity contribution >= 4 is 11.6 Å². The lowest BCUT2D eigenvalue weighted by Crippen LogP contribution is -2.15. The van der Waals surface area contributed by atoms with Gasteiger partial charge in [-0.15, -0.1) is 0 Å². The molecular formula is C36H65NO10. The molecule has 0 fully saturated rings. The average Bonchev–Trinajstić information content (AvgIpc) is 3.07. The summed E-state index contributed by atoms with van der Waals surface area (Å²) in [5.41, 5.74) is 0.737. The number of anilines is 1. The number of hydrogen-bond acceptors (Lipinski definition) is 10. The van der Waals surface area contributed by atoms with E-state index in [-0.39, 0.29) is 5.91 Å². The van der Waals surface area contributed by atoms with E-state index in [9.17, 15) is 4.79 Å². The van der Waals surface area contributed by atoms with E-state index >= 15 is 0 Å². The third-order valence-electron chi connectivity index (χ3n) is 6.92. The van der Waals surface area contributed by atoms with Crippen LogP contribution in [0.2, 0.25) is 0 Å². The first-order valence-electron chi connectivity index (χ1n) is 17.8. The highest BCUT2D eigenvalue weighted by atomic mass is 16.6. The Morgan fingerprint density at radius 2 is 0.766 bits per heavy atom. The van der Waals surface area contributed by atoms with Crippen LogP contribution in [-0.2, 0) is 42.7 Å². The summed E-state index contributed by atoms with van der Waals surface area (Å²) >= 11 is 0. The highest BCUT2D eigenvalue weighted by Crippen LogP contribution is 2.15. The van der Waals surface area contributed by atoms with Crippen LogP contribution in [0.5, 0.6) is 5.75 Å². The van der Waals surface area contributed by atoms with Crippen LogP contribution < -0.4 is 10.1 Å². The smallest absolute Gasteiger partial charge is 0.221 e. The maximum Gasteiger partial charge on any atom is 0.221 e. The van der Waals surface area contributed by atoms with Crippen molar-refractivity contribution < 1.29 is 47.4 Å². The number of hydrogen-bond donors (Lipinski definition) is 1. The van der Waals surface area contributed by atoms with Crippen LogP contribution in [0.25, 0.3) is 0 Å². The van der Waals surface area contributed by atoms with Crippen LogP contribution in [0.4, 0.5) is 5.69 Å². The molecule has 0 heterocycles. The lowest BCUT2D eigenvalue weighted by molar-refractivity contribution is -0.114. The molecule has 0 aromatic heterocycles. The van der Waals surface area contributed by atoms with Gasteiger partial charge in [0.1, 0.15) is 12.4 Å². The first-order valence-corrected chi connectivity index (χ1v) is 17.8. The topological polar surface area (TPSA) is 112 Å². The van der Waals surface area contributed by atoms with Gasteiger partial charge in [0.15, 0.2) is 0 Å². The van der Waals surface area contributed by atoms with Gasteiger partial charge in [0.2, 0.25) is 5.91 Å². The maximum absolute atomic E-state index is 11.0. The first-order chi connectivity index (χ1) is 23.2. The number of carbonyl (C=O) groups is 1. The Labute approximate surface area is 284 Å². The zero-order chi connectivity index (χ0) is 33.7. The van der Waals surface area contributed by atoms with Crippen molar-refractivity contribution in [3.05, 3.63) is 24.3 Å². The van der Waals surface area contributed by atoms with E-state index in [1.807, 2.05) is 0 Å². The first kappa shape index (κ1) is 43.2. The lowest BCUT2D eigenvalue weighted by atomic mass is 10.1. The van der Waals surface area contributed by atoms with Gasteiger partial charge in [0.25, 0.3) is 0 Å². The SMILES string of the molecule is CCCCCCCCCCCCOCCOCCOCCOCCOCCOCCOCCOCCOc1ccc(NC(C)=O)cc1. The fourth-order valence-electron chi connectivity index (χ4n) is 4.39. The second-order valence-corrected chi connectivity index (χ2v) is 11.1. The van der Waals surface area contributed by atoms with E-state index in [2.05, 4.69) is 12.2 Å². The third kappa shape index (κ3) is 32.5. The molecule has 0 unspecified atom stereocenters. The summed E-state index contributed by atoms with van der Waals surface area (Å²) < 4.78 is 49.8. The number of carbonyl (C=O) groups excluding carboxylic acids is 1. The summed E-state index contributed by atoms with van der Waals surface area (Å²) in [6.45, 7) is 13.0. The zero-order valence-electron chi connectivity index (χ0n) is 29.5. The van der Waals surface area contributed by atoms with E-state index < -0.39 is 0 Å².